The first-order valence-corrected chi connectivity index (χ1v) is 8.45. The zero-order valence-electron chi connectivity index (χ0n) is 13.2. The molecule has 2 N–H and O–H groups in total. The van der Waals surface area contributed by atoms with Crippen molar-refractivity contribution >= 4 is 17.2 Å². The molecule has 0 spiro atoms. The third-order valence-electron chi connectivity index (χ3n) is 3.78. The van der Waals surface area contributed by atoms with E-state index in [0.717, 1.165) is 44.2 Å². The second-order valence-corrected chi connectivity index (χ2v) is 7.50. The first-order valence-electron chi connectivity index (χ1n) is 7.63. The summed E-state index contributed by atoms with van der Waals surface area (Å²) in [5.41, 5.74) is 6.00. The Bertz CT molecular complexity index is 466. The SMILES string of the molecule is Cc1ncc(CN2CCN(C(=O)[C@@H](N)CC(C)C)CC2)s1. The van der Waals surface area contributed by atoms with Crippen molar-refractivity contribution in [1.29, 1.82) is 0 Å². The number of thiazole rings is 1. The highest BCUT2D eigenvalue weighted by atomic mass is 32.1. The van der Waals surface area contributed by atoms with E-state index in [-0.39, 0.29) is 11.9 Å². The molecule has 1 aliphatic heterocycles. The molecule has 1 aromatic heterocycles. The lowest BCUT2D eigenvalue weighted by Gasteiger charge is -2.35. The molecular formula is C15H26N4OS. The number of carbonyl (C=O) groups excluding carboxylic acids is 1. The summed E-state index contributed by atoms with van der Waals surface area (Å²) < 4.78 is 0. The molecule has 0 radical (unpaired) electrons. The van der Waals surface area contributed by atoms with Gasteiger partial charge in [0.1, 0.15) is 0 Å². The van der Waals surface area contributed by atoms with Crippen LogP contribution in [0.3, 0.4) is 0 Å². The fraction of sp³-hybridized carbons (Fsp3) is 0.733. The van der Waals surface area contributed by atoms with Crippen molar-refractivity contribution in [2.75, 3.05) is 26.2 Å². The fourth-order valence-electron chi connectivity index (χ4n) is 2.67. The van der Waals surface area contributed by atoms with E-state index in [0.29, 0.717) is 5.92 Å². The summed E-state index contributed by atoms with van der Waals surface area (Å²) in [5.74, 6) is 0.566. The van der Waals surface area contributed by atoms with Gasteiger partial charge in [-0.25, -0.2) is 4.98 Å². The Labute approximate surface area is 131 Å². The zero-order chi connectivity index (χ0) is 15.4. The van der Waals surface area contributed by atoms with Gasteiger partial charge in [-0.2, -0.15) is 0 Å². The van der Waals surface area contributed by atoms with Crippen molar-refractivity contribution in [2.45, 2.75) is 39.8 Å². The summed E-state index contributed by atoms with van der Waals surface area (Å²) in [5, 5.41) is 1.11. The lowest BCUT2D eigenvalue weighted by atomic mass is 10.0. The van der Waals surface area contributed by atoms with Crippen LogP contribution in [-0.4, -0.2) is 52.9 Å². The first-order chi connectivity index (χ1) is 9.95. The Morgan fingerprint density at radius 3 is 2.57 bits per heavy atom. The minimum Gasteiger partial charge on any atom is -0.339 e. The number of hydrogen-bond acceptors (Lipinski definition) is 5. The molecule has 118 valence electrons. The van der Waals surface area contributed by atoms with Crippen molar-refractivity contribution in [3.63, 3.8) is 0 Å². The molecule has 1 amide bonds. The molecule has 0 aliphatic carbocycles. The van der Waals surface area contributed by atoms with Crippen LogP contribution in [0.25, 0.3) is 0 Å². The van der Waals surface area contributed by atoms with Crippen LogP contribution in [-0.2, 0) is 11.3 Å². The summed E-state index contributed by atoms with van der Waals surface area (Å²) in [6, 6.07) is -0.347. The number of amides is 1. The van der Waals surface area contributed by atoms with E-state index in [1.165, 1.54) is 4.88 Å². The predicted octanol–water partition coefficient (Wildman–Crippen LogP) is 1.47. The maximum atomic E-state index is 12.3. The third kappa shape index (κ3) is 4.76. The maximum absolute atomic E-state index is 12.3. The van der Waals surface area contributed by atoms with Crippen molar-refractivity contribution < 1.29 is 4.79 Å². The van der Waals surface area contributed by atoms with Gasteiger partial charge in [0.05, 0.1) is 11.0 Å². The van der Waals surface area contributed by atoms with Crippen molar-refractivity contribution in [2.24, 2.45) is 11.7 Å². The van der Waals surface area contributed by atoms with E-state index in [1.54, 1.807) is 11.3 Å². The summed E-state index contributed by atoms with van der Waals surface area (Å²) in [4.78, 5) is 22.2. The average molecular weight is 310 g/mol. The van der Waals surface area contributed by atoms with Crippen LogP contribution in [0.4, 0.5) is 0 Å². The minimum atomic E-state index is -0.347. The number of rotatable bonds is 5. The van der Waals surface area contributed by atoms with Crippen molar-refractivity contribution in [3.05, 3.63) is 16.1 Å². The average Bonchev–Trinajstić information content (AvgIpc) is 2.83. The third-order valence-corrected chi connectivity index (χ3v) is 4.67. The van der Waals surface area contributed by atoms with E-state index in [1.807, 2.05) is 18.0 Å². The Morgan fingerprint density at radius 2 is 2.05 bits per heavy atom. The highest BCUT2D eigenvalue weighted by molar-refractivity contribution is 7.11. The molecule has 1 saturated heterocycles. The molecule has 6 heteroatoms. The standard InChI is InChI=1S/C15H26N4OS/c1-11(2)8-14(16)15(20)19-6-4-18(5-7-19)10-13-9-17-12(3)21-13/h9,11,14H,4-8,10,16H2,1-3H3/t14-/m0/s1. The van der Waals surface area contributed by atoms with E-state index in [2.05, 4.69) is 23.7 Å². The Hall–Kier alpha value is -0.980. The lowest BCUT2D eigenvalue weighted by Crippen LogP contribution is -2.53. The second-order valence-electron chi connectivity index (χ2n) is 6.18. The van der Waals surface area contributed by atoms with E-state index >= 15 is 0 Å². The van der Waals surface area contributed by atoms with Gasteiger partial charge in [0.25, 0.3) is 0 Å². The summed E-state index contributed by atoms with van der Waals surface area (Å²) in [7, 11) is 0. The number of aromatic nitrogens is 1. The molecule has 0 saturated carbocycles. The predicted molar refractivity (Wildman–Crippen MR) is 86.1 cm³/mol. The van der Waals surface area contributed by atoms with Crippen molar-refractivity contribution in [3.8, 4) is 0 Å². The topological polar surface area (TPSA) is 62.5 Å². The number of aryl methyl sites for hydroxylation is 1. The molecule has 1 atom stereocenters. The van der Waals surface area contributed by atoms with Gasteiger partial charge < -0.3 is 10.6 Å². The summed E-state index contributed by atoms with van der Waals surface area (Å²) >= 11 is 1.75. The van der Waals surface area contributed by atoms with Crippen LogP contribution < -0.4 is 5.73 Å². The van der Waals surface area contributed by atoms with E-state index in [9.17, 15) is 4.79 Å². The Balaban J connectivity index is 1.78. The van der Waals surface area contributed by atoms with Gasteiger partial charge >= 0.3 is 0 Å². The van der Waals surface area contributed by atoms with Crippen LogP contribution in [0.15, 0.2) is 6.20 Å². The molecule has 2 rings (SSSR count). The molecule has 1 aromatic rings. The van der Waals surface area contributed by atoms with Crippen LogP contribution in [0.5, 0.6) is 0 Å². The molecule has 0 unspecified atom stereocenters. The molecule has 0 aromatic carbocycles. The van der Waals surface area contributed by atoms with Gasteiger partial charge in [-0.1, -0.05) is 13.8 Å². The molecule has 5 nitrogen and oxygen atoms in total. The van der Waals surface area contributed by atoms with Gasteiger partial charge in [-0.3, -0.25) is 9.69 Å². The summed E-state index contributed by atoms with van der Waals surface area (Å²) in [6.45, 7) is 10.6. The second kappa shape index (κ2) is 7.33. The highest BCUT2D eigenvalue weighted by Gasteiger charge is 2.25. The van der Waals surface area contributed by atoms with Crippen molar-refractivity contribution in [1.82, 2.24) is 14.8 Å². The number of nitrogens with zero attached hydrogens (tertiary/aromatic N) is 3. The molecule has 2 heterocycles. The zero-order valence-corrected chi connectivity index (χ0v) is 14.0. The maximum Gasteiger partial charge on any atom is 0.239 e. The molecule has 0 bridgehead atoms. The number of nitrogens with two attached hydrogens (primary N) is 1. The molecular weight excluding hydrogens is 284 g/mol. The highest BCUT2D eigenvalue weighted by Crippen LogP contribution is 2.16. The Morgan fingerprint density at radius 1 is 1.38 bits per heavy atom. The normalized spacial score (nSPS) is 18.2. The van der Waals surface area contributed by atoms with Crippen LogP contribution in [0, 0.1) is 12.8 Å². The lowest BCUT2D eigenvalue weighted by molar-refractivity contribution is -0.134. The summed E-state index contributed by atoms with van der Waals surface area (Å²) in [6.07, 6.45) is 2.72. The van der Waals surface area contributed by atoms with Gasteiger partial charge in [-0.15, -0.1) is 11.3 Å². The van der Waals surface area contributed by atoms with Gasteiger partial charge in [0.2, 0.25) is 5.91 Å². The van der Waals surface area contributed by atoms with E-state index in [4.69, 9.17) is 5.73 Å². The van der Waals surface area contributed by atoms with Gasteiger partial charge in [0, 0.05) is 43.8 Å². The molecule has 1 fully saturated rings. The number of piperazine rings is 1. The minimum absolute atomic E-state index is 0.108. The largest absolute Gasteiger partial charge is 0.339 e. The number of hydrogen-bond donors (Lipinski definition) is 1. The van der Waals surface area contributed by atoms with Crippen LogP contribution in [0.1, 0.15) is 30.2 Å². The monoisotopic (exact) mass is 310 g/mol. The quantitative estimate of drug-likeness (QED) is 0.894. The van der Waals surface area contributed by atoms with Crippen LogP contribution >= 0.6 is 11.3 Å². The van der Waals surface area contributed by atoms with Gasteiger partial charge in [0.15, 0.2) is 0 Å². The first kappa shape index (κ1) is 16.4. The Kier molecular flexibility index (Phi) is 5.72. The smallest absolute Gasteiger partial charge is 0.239 e. The van der Waals surface area contributed by atoms with Gasteiger partial charge in [-0.05, 0) is 19.3 Å². The number of carbonyl (C=O) groups is 1. The molecule has 1 aliphatic rings. The van der Waals surface area contributed by atoms with Crippen LogP contribution in [0.2, 0.25) is 0 Å². The fourth-order valence-corrected chi connectivity index (χ4v) is 3.51. The molecule has 21 heavy (non-hydrogen) atoms. The van der Waals surface area contributed by atoms with E-state index < -0.39 is 0 Å².